The van der Waals surface area contributed by atoms with E-state index in [0.29, 0.717) is 16.7 Å². The standard InChI is InChI=1S/C19H16N2O3/c1-21(2)15-8-10-16-18(11-15)24-19(23)17(20-16)9-7-13-3-5-14(12-22)6-4-13/h3-12H,1-2H3/b9-7+. The van der Waals surface area contributed by atoms with Crippen LogP contribution >= 0.6 is 0 Å². The van der Waals surface area contributed by atoms with Crippen molar-refractivity contribution >= 4 is 35.2 Å². The molecular weight excluding hydrogens is 304 g/mol. The first kappa shape index (κ1) is 15.7. The molecule has 0 aliphatic rings. The molecule has 0 saturated heterocycles. The van der Waals surface area contributed by atoms with Crippen LogP contribution in [-0.4, -0.2) is 25.4 Å². The molecule has 0 saturated carbocycles. The average Bonchev–Trinajstić information content (AvgIpc) is 2.59. The van der Waals surface area contributed by atoms with Crippen molar-refractivity contribution in [2.24, 2.45) is 0 Å². The van der Waals surface area contributed by atoms with E-state index in [9.17, 15) is 9.59 Å². The molecule has 0 amide bonds. The van der Waals surface area contributed by atoms with E-state index in [1.807, 2.05) is 31.1 Å². The Morgan fingerprint density at radius 3 is 2.38 bits per heavy atom. The van der Waals surface area contributed by atoms with Gasteiger partial charge in [-0.15, -0.1) is 0 Å². The molecule has 120 valence electrons. The summed E-state index contributed by atoms with van der Waals surface area (Å²) in [5.41, 5.74) is 3.23. The Balaban J connectivity index is 1.95. The molecular formula is C19H16N2O3. The van der Waals surface area contributed by atoms with Crippen LogP contribution in [-0.2, 0) is 0 Å². The minimum Gasteiger partial charge on any atom is -0.419 e. The highest BCUT2D eigenvalue weighted by atomic mass is 16.4. The van der Waals surface area contributed by atoms with Gasteiger partial charge in [0, 0.05) is 31.4 Å². The SMILES string of the molecule is CN(C)c1ccc2nc(/C=C/c3ccc(C=O)cc3)c(=O)oc2c1. The van der Waals surface area contributed by atoms with E-state index < -0.39 is 5.63 Å². The summed E-state index contributed by atoms with van der Waals surface area (Å²) in [6, 6.07) is 12.6. The number of benzene rings is 2. The molecule has 2 aromatic carbocycles. The first-order chi connectivity index (χ1) is 11.6. The molecule has 1 heterocycles. The third-order valence-electron chi connectivity index (χ3n) is 3.62. The minimum absolute atomic E-state index is 0.236. The highest BCUT2D eigenvalue weighted by molar-refractivity contribution is 5.79. The van der Waals surface area contributed by atoms with Gasteiger partial charge in [-0.05, 0) is 23.8 Å². The van der Waals surface area contributed by atoms with Gasteiger partial charge in [0.1, 0.15) is 17.5 Å². The van der Waals surface area contributed by atoms with Crippen LogP contribution in [0.2, 0.25) is 0 Å². The van der Waals surface area contributed by atoms with E-state index in [4.69, 9.17) is 4.42 Å². The van der Waals surface area contributed by atoms with Crippen LogP contribution in [0, 0.1) is 0 Å². The molecule has 0 atom stereocenters. The highest BCUT2D eigenvalue weighted by Gasteiger charge is 2.06. The number of nitrogens with zero attached hydrogens (tertiary/aromatic N) is 2. The summed E-state index contributed by atoms with van der Waals surface area (Å²) in [5, 5.41) is 0. The van der Waals surface area contributed by atoms with Crippen LogP contribution in [0.1, 0.15) is 21.6 Å². The van der Waals surface area contributed by atoms with Gasteiger partial charge in [-0.3, -0.25) is 4.79 Å². The Hall–Kier alpha value is -3.21. The molecule has 3 aromatic rings. The van der Waals surface area contributed by atoms with Gasteiger partial charge in [0.2, 0.25) is 0 Å². The van der Waals surface area contributed by atoms with Crippen molar-refractivity contribution in [3.05, 3.63) is 69.7 Å². The second-order valence-electron chi connectivity index (χ2n) is 5.55. The highest BCUT2D eigenvalue weighted by Crippen LogP contribution is 2.19. The summed E-state index contributed by atoms with van der Waals surface area (Å²) in [7, 11) is 3.83. The summed E-state index contributed by atoms with van der Waals surface area (Å²) in [6.45, 7) is 0. The molecule has 5 heteroatoms. The average molecular weight is 320 g/mol. The first-order valence-corrected chi connectivity index (χ1v) is 7.42. The van der Waals surface area contributed by atoms with Crippen molar-refractivity contribution in [2.45, 2.75) is 0 Å². The smallest absolute Gasteiger partial charge is 0.362 e. The third kappa shape index (κ3) is 3.25. The lowest BCUT2D eigenvalue weighted by molar-refractivity contribution is 0.112. The summed E-state index contributed by atoms with van der Waals surface area (Å²) >= 11 is 0. The van der Waals surface area contributed by atoms with Gasteiger partial charge in [-0.2, -0.15) is 0 Å². The maximum atomic E-state index is 12.1. The van der Waals surface area contributed by atoms with Gasteiger partial charge >= 0.3 is 5.63 Å². The zero-order valence-electron chi connectivity index (χ0n) is 13.4. The molecule has 0 fully saturated rings. The van der Waals surface area contributed by atoms with Gasteiger partial charge in [0.15, 0.2) is 5.58 Å². The Labute approximate surface area is 138 Å². The Bertz CT molecular complexity index is 970. The van der Waals surface area contributed by atoms with E-state index >= 15 is 0 Å². The van der Waals surface area contributed by atoms with E-state index in [2.05, 4.69) is 4.98 Å². The van der Waals surface area contributed by atoms with Crippen molar-refractivity contribution < 1.29 is 9.21 Å². The number of aldehydes is 1. The lowest BCUT2D eigenvalue weighted by atomic mass is 10.1. The lowest BCUT2D eigenvalue weighted by Gasteiger charge is -2.12. The molecule has 5 nitrogen and oxygen atoms in total. The predicted molar refractivity (Wildman–Crippen MR) is 95.4 cm³/mol. The number of rotatable bonds is 4. The van der Waals surface area contributed by atoms with Crippen LogP contribution in [0.3, 0.4) is 0 Å². The molecule has 1 aromatic heterocycles. The second-order valence-corrected chi connectivity index (χ2v) is 5.55. The summed E-state index contributed by atoms with van der Waals surface area (Å²) in [6.07, 6.45) is 4.16. The largest absolute Gasteiger partial charge is 0.419 e. The summed E-state index contributed by atoms with van der Waals surface area (Å²) < 4.78 is 5.37. The number of anilines is 1. The van der Waals surface area contributed by atoms with E-state index in [1.165, 1.54) is 0 Å². The molecule has 24 heavy (non-hydrogen) atoms. The molecule has 0 bridgehead atoms. The van der Waals surface area contributed by atoms with Crippen molar-refractivity contribution in [3.8, 4) is 0 Å². The monoisotopic (exact) mass is 320 g/mol. The van der Waals surface area contributed by atoms with E-state index in [-0.39, 0.29) is 5.69 Å². The van der Waals surface area contributed by atoms with Gasteiger partial charge in [0.25, 0.3) is 0 Å². The fraction of sp³-hybridized carbons (Fsp3) is 0.105. The van der Waals surface area contributed by atoms with Gasteiger partial charge in [-0.1, -0.05) is 30.3 Å². The zero-order chi connectivity index (χ0) is 17.1. The second kappa shape index (κ2) is 6.50. The number of hydrogen-bond acceptors (Lipinski definition) is 5. The number of hydrogen-bond donors (Lipinski definition) is 0. The molecule has 0 radical (unpaired) electrons. The van der Waals surface area contributed by atoms with Crippen molar-refractivity contribution in [1.29, 1.82) is 0 Å². The van der Waals surface area contributed by atoms with Crippen LogP contribution in [0.25, 0.3) is 23.3 Å². The van der Waals surface area contributed by atoms with E-state index in [0.717, 1.165) is 17.5 Å². The van der Waals surface area contributed by atoms with Crippen molar-refractivity contribution in [2.75, 3.05) is 19.0 Å². The maximum absolute atomic E-state index is 12.1. The normalized spacial score (nSPS) is 11.1. The van der Waals surface area contributed by atoms with Crippen LogP contribution in [0.5, 0.6) is 0 Å². The number of carbonyl (C=O) groups excluding carboxylic acids is 1. The van der Waals surface area contributed by atoms with Crippen molar-refractivity contribution in [1.82, 2.24) is 4.98 Å². The molecule has 0 N–H and O–H groups in total. The Kier molecular flexibility index (Phi) is 4.24. The quantitative estimate of drug-likeness (QED) is 0.691. The van der Waals surface area contributed by atoms with Gasteiger partial charge in [0.05, 0.1) is 0 Å². The molecule has 0 unspecified atom stereocenters. The van der Waals surface area contributed by atoms with Crippen molar-refractivity contribution in [3.63, 3.8) is 0 Å². The minimum atomic E-state index is -0.487. The number of aromatic nitrogens is 1. The zero-order valence-corrected chi connectivity index (χ0v) is 13.4. The molecule has 0 aliphatic heterocycles. The fourth-order valence-electron chi connectivity index (χ4n) is 2.25. The topological polar surface area (TPSA) is 63.4 Å². The Morgan fingerprint density at radius 1 is 1.00 bits per heavy atom. The lowest BCUT2D eigenvalue weighted by Crippen LogP contribution is -2.09. The van der Waals surface area contributed by atoms with Crippen LogP contribution in [0.4, 0.5) is 5.69 Å². The summed E-state index contributed by atoms with van der Waals surface area (Å²) in [5.74, 6) is 0. The first-order valence-electron chi connectivity index (χ1n) is 7.42. The van der Waals surface area contributed by atoms with Gasteiger partial charge in [-0.25, -0.2) is 9.78 Å². The molecule has 3 rings (SSSR count). The maximum Gasteiger partial charge on any atom is 0.362 e. The molecule has 0 spiro atoms. The fourth-order valence-corrected chi connectivity index (χ4v) is 2.25. The van der Waals surface area contributed by atoms with Crippen LogP contribution in [0.15, 0.2) is 51.7 Å². The number of fused-ring (bicyclic) bond motifs is 1. The number of carbonyl (C=O) groups is 1. The third-order valence-corrected chi connectivity index (χ3v) is 3.62. The van der Waals surface area contributed by atoms with E-state index in [1.54, 1.807) is 42.5 Å². The predicted octanol–water partition coefficient (Wildman–Crippen LogP) is 3.24. The van der Waals surface area contributed by atoms with Gasteiger partial charge < -0.3 is 9.32 Å². The Morgan fingerprint density at radius 2 is 1.71 bits per heavy atom. The van der Waals surface area contributed by atoms with Crippen LogP contribution < -0.4 is 10.5 Å². The summed E-state index contributed by atoms with van der Waals surface area (Å²) in [4.78, 5) is 29.0. The molecule has 0 aliphatic carbocycles.